The Labute approximate surface area is 198 Å². The zero-order valence-corrected chi connectivity index (χ0v) is 18.8. The molecule has 1 heterocycles. The number of carbonyl (C=O) groups is 2. The average molecular weight is 491 g/mol. The lowest BCUT2D eigenvalue weighted by atomic mass is 10.1. The molecule has 0 saturated heterocycles. The van der Waals surface area contributed by atoms with Crippen molar-refractivity contribution in [1.29, 1.82) is 0 Å². The van der Waals surface area contributed by atoms with Gasteiger partial charge in [0.2, 0.25) is 0 Å². The Morgan fingerprint density at radius 3 is 2.36 bits per heavy atom. The van der Waals surface area contributed by atoms with Crippen LogP contribution in [0.2, 0.25) is 10.0 Å². The summed E-state index contributed by atoms with van der Waals surface area (Å²) in [6, 6.07) is 8.35. The van der Waals surface area contributed by atoms with Crippen LogP contribution in [0.3, 0.4) is 0 Å². The lowest BCUT2D eigenvalue weighted by Gasteiger charge is -2.23. The Bertz CT molecular complexity index is 1220. The third kappa shape index (κ3) is 5.33. The van der Waals surface area contributed by atoms with Crippen molar-refractivity contribution in [1.82, 2.24) is 0 Å². The number of carbonyl (C=O) groups excluding carboxylic acids is 2. The van der Waals surface area contributed by atoms with Gasteiger partial charge in [0.1, 0.15) is 17.2 Å². The largest absolute Gasteiger partial charge is 0.465 e. The highest BCUT2D eigenvalue weighted by atomic mass is 35.5. The molecule has 0 aromatic heterocycles. The van der Waals surface area contributed by atoms with Crippen molar-refractivity contribution in [2.75, 3.05) is 19.1 Å². The molecule has 0 unspecified atom stereocenters. The van der Waals surface area contributed by atoms with E-state index in [1.54, 1.807) is 6.07 Å². The molecule has 0 saturated carbocycles. The quantitative estimate of drug-likeness (QED) is 0.309. The molecule has 33 heavy (non-hydrogen) atoms. The van der Waals surface area contributed by atoms with Gasteiger partial charge in [0.05, 0.1) is 41.5 Å². The fourth-order valence-corrected chi connectivity index (χ4v) is 3.37. The maximum absolute atomic E-state index is 12.6. The minimum absolute atomic E-state index is 0.0536. The Balaban J connectivity index is 2.17. The zero-order valence-electron chi connectivity index (χ0n) is 17.3. The molecule has 11 heteroatoms. The van der Waals surface area contributed by atoms with Crippen LogP contribution < -0.4 is 9.64 Å². The van der Waals surface area contributed by atoms with Crippen LogP contribution in [0.25, 0.3) is 0 Å². The van der Waals surface area contributed by atoms with E-state index in [1.807, 2.05) is 0 Å². The molecule has 0 spiro atoms. The van der Waals surface area contributed by atoms with Crippen LogP contribution >= 0.6 is 23.2 Å². The van der Waals surface area contributed by atoms with Crippen molar-refractivity contribution >= 4 is 46.5 Å². The number of halogens is 2. The normalized spacial score (nSPS) is 12.9. The maximum Gasteiger partial charge on any atom is 0.355 e. The van der Waals surface area contributed by atoms with Crippen LogP contribution in [0.15, 0.2) is 72.1 Å². The van der Waals surface area contributed by atoms with Crippen LogP contribution in [0, 0.1) is 10.1 Å². The van der Waals surface area contributed by atoms with Gasteiger partial charge in [-0.25, -0.2) is 9.59 Å². The van der Waals surface area contributed by atoms with Gasteiger partial charge >= 0.3 is 11.9 Å². The highest BCUT2D eigenvalue weighted by Gasteiger charge is 2.28. The summed E-state index contributed by atoms with van der Waals surface area (Å²) in [6.45, 7) is 0. The van der Waals surface area contributed by atoms with E-state index < -0.39 is 16.9 Å². The number of nitro groups is 1. The molecule has 0 atom stereocenters. The molecule has 0 radical (unpaired) electrons. The molecule has 1 aliphatic heterocycles. The zero-order chi connectivity index (χ0) is 24.1. The molecule has 0 aliphatic carbocycles. The van der Waals surface area contributed by atoms with Gasteiger partial charge < -0.3 is 19.1 Å². The minimum atomic E-state index is -0.860. The molecule has 9 nitrogen and oxygen atoms in total. The van der Waals surface area contributed by atoms with Crippen molar-refractivity contribution < 1.29 is 28.7 Å². The number of anilines is 1. The second-order valence-corrected chi connectivity index (χ2v) is 7.28. The average Bonchev–Trinajstić information content (AvgIpc) is 3.02. The smallest absolute Gasteiger partial charge is 0.355 e. The molecule has 3 rings (SSSR count). The second-order valence-electron chi connectivity index (χ2n) is 6.44. The first-order valence-corrected chi connectivity index (χ1v) is 9.98. The number of nitrogens with zero attached hydrogens (tertiary/aromatic N) is 2. The van der Waals surface area contributed by atoms with Crippen LogP contribution in [0.4, 0.5) is 11.4 Å². The monoisotopic (exact) mass is 490 g/mol. The number of rotatable bonds is 6. The summed E-state index contributed by atoms with van der Waals surface area (Å²) in [6.07, 6.45) is 5.86. The van der Waals surface area contributed by atoms with Crippen molar-refractivity contribution in [2.24, 2.45) is 0 Å². The van der Waals surface area contributed by atoms with Gasteiger partial charge in [-0.1, -0.05) is 29.3 Å². The molecule has 2 aromatic rings. The van der Waals surface area contributed by atoms with Gasteiger partial charge in [-0.3, -0.25) is 10.1 Å². The molecule has 0 fully saturated rings. The van der Waals surface area contributed by atoms with E-state index >= 15 is 0 Å². The maximum atomic E-state index is 12.6. The molecular formula is C22H16Cl2N2O7. The number of hydrogen-bond donors (Lipinski definition) is 0. The van der Waals surface area contributed by atoms with Gasteiger partial charge in [0.15, 0.2) is 0 Å². The summed E-state index contributed by atoms with van der Waals surface area (Å²) in [7, 11) is 2.31. The number of benzene rings is 2. The summed E-state index contributed by atoms with van der Waals surface area (Å²) < 4.78 is 15.4. The number of allylic oxidation sites excluding steroid dienone is 2. The van der Waals surface area contributed by atoms with Gasteiger partial charge in [0, 0.05) is 23.4 Å². The first-order valence-electron chi connectivity index (χ1n) is 9.22. The topological polar surface area (TPSA) is 108 Å². The van der Waals surface area contributed by atoms with Crippen LogP contribution in [0.5, 0.6) is 11.5 Å². The van der Waals surface area contributed by atoms with E-state index in [-0.39, 0.29) is 39.2 Å². The summed E-state index contributed by atoms with van der Waals surface area (Å²) in [5, 5.41) is 12.2. The van der Waals surface area contributed by atoms with E-state index in [9.17, 15) is 19.7 Å². The van der Waals surface area contributed by atoms with Crippen LogP contribution in [0.1, 0.15) is 0 Å². The Hall–Kier alpha value is -3.82. The van der Waals surface area contributed by atoms with Crippen LogP contribution in [-0.2, 0) is 19.1 Å². The molecule has 170 valence electrons. The molecule has 0 bridgehead atoms. The van der Waals surface area contributed by atoms with Crippen molar-refractivity contribution in [2.45, 2.75) is 0 Å². The SMILES string of the molecule is COC(=O)C1=C(C(=O)OC)N(c2cc(Oc3ccc(Cl)cc3Cl)cc([N+](=O)[O-])c2)C=CC=C1. The highest BCUT2D eigenvalue weighted by molar-refractivity contribution is 6.35. The van der Waals surface area contributed by atoms with E-state index in [0.717, 1.165) is 14.2 Å². The standard InChI is InChI=1S/C22H16Cl2N2O7/c1-31-21(27)17-5-3-4-8-25(20(17)22(28)32-2)14-10-15(26(29)30)12-16(11-14)33-19-7-6-13(23)9-18(19)24/h3-12H,1-2H3. The van der Waals surface area contributed by atoms with Crippen molar-refractivity contribution in [3.8, 4) is 11.5 Å². The predicted octanol–water partition coefficient (Wildman–Crippen LogP) is 5.18. The predicted molar refractivity (Wildman–Crippen MR) is 121 cm³/mol. The molecular weight excluding hydrogens is 475 g/mol. The molecule has 1 aliphatic rings. The molecule has 0 amide bonds. The van der Waals surface area contributed by atoms with Crippen LogP contribution in [-0.4, -0.2) is 31.1 Å². The van der Waals surface area contributed by atoms with Crippen molar-refractivity contribution in [3.05, 3.63) is 92.3 Å². The third-order valence-corrected chi connectivity index (χ3v) is 4.91. The molecule has 2 aromatic carbocycles. The number of nitro benzene ring substituents is 1. The van der Waals surface area contributed by atoms with E-state index in [1.165, 1.54) is 59.7 Å². The minimum Gasteiger partial charge on any atom is -0.465 e. The Morgan fingerprint density at radius 1 is 1.00 bits per heavy atom. The lowest BCUT2D eigenvalue weighted by molar-refractivity contribution is -0.384. The fraction of sp³-hybridized carbons (Fsp3) is 0.0909. The van der Waals surface area contributed by atoms with Crippen molar-refractivity contribution in [3.63, 3.8) is 0 Å². The number of hydrogen-bond acceptors (Lipinski definition) is 8. The number of non-ortho nitro benzene ring substituents is 1. The van der Waals surface area contributed by atoms with Gasteiger partial charge in [0.25, 0.3) is 5.69 Å². The van der Waals surface area contributed by atoms with Gasteiger partial charge in [-0.05, 0) is 30.4 Å². The van der Waals surface area contributed by atoms with E-state index in [0.29, 0.717) is 5.02 Å². The van der Waals surface area contributed by atoms with Gasteiger partial charge in [-0.2, -0.15) is 0 Å². The summed E-state index contributed by atoms with van der Waals surface area (Å²) in [5.74, 6) is -1.39. The first kappa shape index (κ1) is 23.8. The molecule has 0 N–H and O–H groups in total. The highest BCUT2D eigenvalue weighted by Crippen LogP contribution is 2.37. The number of ether oxygens (including phenoxy) is 3. The summed E-state index contributed by atoms with van der Waals surface area (Å²) in [4.78, 5) is 37.2. The van der Waals surface area contributed by atoms with Gasteiger partial charge in [-0.15, -0.1) is 0 Å². The Kier molecular flexibility index (Phi) is 7.37. The summed E-state index contributed by atoms with van der Waals surface area (Å²) >= 11 is 12.1. The van der Waals surface area contributed by atoms with E-state index in [4.69, 9.17) is 37.4 Å². The Morgan fingerprint density at radius 2 is 1.73 bits per heavy atom. The van der Waals surface area contributed by atoms with E-state index in [2.05, 4.69) is 0 Å². The summed E-state index contributed by atoms with van der Waals surface area (Å²) in [5.41, 5.74) is -0.498. The fourth-order valence-electron chi connectivity index (χ4n) is 2.92. The first-order chi connectivity index (χ1) is 15.7. The third-order valence-electron chi connectivity index (χ3n) is 4.38. The second kappa shape index (κ2) is 10.2. The number of esters is 2. The lowest BCUT2D eigenvalue weighted by Crippen LogP contribution is -2.27. The number of methoxy groups -OCH3 is 2.